The van der Waals surface area contributed by atoms with Gasteiger partial charge in [-0.05, 0) is 13.0 Å². The average molecular weight is 145 g/mol. The molecule has 0 aromatic carbocycles. The number of carbonyl (C=O) groups is 1. The van der Waals surface area contributed by atoms with Crippen molar-refractivity contribution in [2.24, 2.45) is 5.92 Å². The van der Waals surface area contributed by atoms with Crippen LogP contribution in [0.15, 0.2) is 0 Å². The summed E-state index contributed by atoms with van der Waals surface area (Å²) in [5, 5.41) is 11.4. The Balaban J connectivity index is 3.71. The van der Waals surface area contributed by atoms with Crippen LogP contribution in [0, 0.1) is 5.92 Å². The second-order valence-corrected chi connectivity index (χ2v) is 2.74. The summed E-state index contributed by atoms with van der Waals surface area (Å²) in [6.45, 7) is 4.01. The summed E-state index contributed by atoms with van der Waals surface area (Å²) in [4.78, 5) is 10.2. The minimum absolute atomic E-state index is 0.0949. The largest absolute Gasteiger partial charge is 0.481 e. The second-order valence-electron chi connectivity index (χ2n) is 2.74. The van der Waals surface area contributed by atoms with Crippen molar-refractivity contribution < 1.29 is 9.90 Å². The van der Waals surface area contributed by atoms with Crippen LogP contribution in [0.5, 0.6) is 0 Å². The molecule has 0 rings (SSSR count). The van der Waals surface area contributed by atoms with E-state index in [2.05, 4.69) is 5.32 Å². The van der Waals surface area contributed by atoms with E-state index in [4.69, 9.17) is 5.11 Å². The molecule has 60 valence electrons. The first-order valence-electron chi connectivity index (χ1n) is 3.47. The Kier molecular flexibility index (Phi) is 4.03. The third-order valence-electron chi connectivity index (χ3n) is 1.57. The highest BCUT2D eigenvalue weighted by Gasteiger charge is 2.13. The number of carboxylic acid groups (broad SMARTS) is 1. The molecule has 0 spiro atoms. The van der Waals surface area contributed by atoms with Crippen molar-refractivity contribution in [1.29, 1.82) is 0 Å². The standard InChI is InChI=1S/C7H15NO2/c1-5(2)6(8-3)4-7(9)10/h5-6,8H,4H2,1-3H3,(H,9,10). The highest BCUT2D eigenvalue weighted by Crippen LogP contribution is 2.04. The molecule has 0 saturated carbocycles. The van der Waals surface area contributed by atoms with Gasteiger partial charge in [0.1, 0.15) is 0 Å². The van der Waals surface area contributed by atoms with E-state index in [0.29, 0.717) is 5.92 Å². The summed E-state index contributed by atoms with van der Waals surface area (Å²) in [7, 11) is 1.79. The van der Waals surface area contributed by atoms with Gasteiger partial charge in [0.2, 0.25) is 0 Å². The number of rotatable bonds is 4. The molecule has 0 bridgehead atoms. The number of nitrogens with one attached hydrogen (secondary N) is 1. The Morgan fingerprint density at radius 2 is 2.10 bits per heavy atom. The summed E-state index contributed by atoms with van der Waals surface area (Å²) in [6.07, 6.45) is 0.203. The van der Waals surface area contributed by atoms with E-state index in [-0.39, 0.29) is 12.5 Å². The van der Waals surface area contributed by atoms with E-state index < -0.39 is 5.97 Å². The topological polar surface area (TPSA) is 49.3 Å². The molecule has 0 aliphatic carbocycles. The smallest absolute Gasteiger partial charge is 0.304 e. The maximum atomic E-state index is 10.2. The van der Waals surface area contributed by atoms with E-state index in [1.807, 2.05) is 13.8 Å². The molecule has 10 heavy (non-hydrogen) atoms. The third-order valence-corrected chi connectivity index (χ3v) is 1.57. The Morgan fingerprint density at radius 3 is 2.20 bits per heavy atom. The fraction of sp³-hybridized carbons (Fsp3) is 0.857. The Bertz CT molecular complexity index is 112. The van der Waals surface area contributed by atoms with Gasteiger partial charge in [-0.2, -0.15) is 0 Å². The van der Waals surface area contributed by atoms with Crippen LogP contribution >= 0.6 is 0 Å². The lowest BCUT2D eigenvalue weighted by atomic mass is 10.0. The Labute approximate surface area is 61.4 Å². The molecule has 3 heteroatoms. The minimum atomic E-state index is -0.743. The van der Waals surface area contributed by atoms with Gasteiger partial charge in [0.25, 0.3) is 0 Å². The molecule has 0 aliphatic rings. The van der Waals surface area contributed by atoms with Crippen molar-refractivity contribution >= 4 is 5.97 Å². The van der Waals surface area contributed by atoms with Gasteiger partial charge < -0.3 is 10.4 Å². The van der Waals surface area contributed by atoms with Crippen molar-refractivity contribution in [2.75, 3.05) is 7.05 Å². The molecule has 0 amide bonds. The monoisotopic (exact) mass is 145 g/mol. The molecule has 3 nitrogen and oxygen atoms in total. The maximum absolute atomic E-state index is 10.2. The zero-order chi connectivity index (χ0) is 8.15. The van der Waals surface area contributed by atoms with Crippen LogP contribution in [0.25, 0.3) is 0 Å². The average Bonchev–Trinajstić information content (AvgIpc) is 1.81. The summed E-state index contributed by atoms with van der Waals surface area (Å²) in [5.74, 6) is -0.367. The predicted octanol–water partition coefficient (Wildman–Crippen LogP) is 0.705. The molecule has 1 atom stereocenters. The Hall–Kier alpha value is -0.570. The predicted molar refractivity (Wildman–Crippen MR) is 39.9 cm³/mol. The second kappa shape index (κ2) is 4.28. The van der Waals surface area contributed by atoms with E-state index in [0.717, 1.165) is 0 Å². The highest BCUT2D eigenvalue weighted by atomic mass is 16.4. The molecule has 1 unspecified atom stereocenters. The first-order chi connectivity index (χ1) is 4.57. The summed E-state index contributed by atoms with van der Waals surface area (Å²) in [6, 6.07) is 0.0949. The van der Waals surface area contributed by atoms with Gasteiger partial charge >= 0.3 is 5.97 Å². The van der Waals surface area contributed by atoms with E-state index in [1.165, 1.54) is 0 Å². The number of hydrogen-bond acceptors (Lipinski definition) is 2. The minimum Gasteiger partial charge on any atom is -0.481 e. The molecule has 0 radical (unpaired) electrons. The molecule has 0 aliphatic heterocycles. The molecular formula is C7H15NO2. The quantitative estimate of drug-likeness (QED) is 0.612. The molecule has 0 heterocycles. The van der Waals surface area contributed by atoms with Gasteiger partial charge in [-0.1, -0.05) is 13.8 Å². The van der Waals surface area contributed by atoms with Gasteiger partial charge in [0.05, 0.1) is 6.42 Å². The van der Waals surface area contributed by atoms with Crippen LogP contribution in [0.2, 0.25) is 0 Å². The van der Waals surface area contributed by atoms with Crippen LogP contribution in [0.3, 0.4) is 0 Å². The highest BCUT2D eigenvalue weighted by molar-refractivity contribution is 5.67. The molecule has 0 aromatic heterocycles. The van der Waals surface area contributed by atoms with Crippen LogP contribution in [-0.4, -0.2) is 24.2 Å². The SMILES string of the molecule is CNC(CC(=O)O)C(C)C. The Morgan fingerprint density at radius 1 is 1.60 bits per heavy atom. The number of hydrogen-bond donors (Lipinski definition) is 2. The molecule has 0 saturated heterocycles. The van der Waals surface area contributed by atoms with E-state index in [1.54, 1.807) is 7.05 Å². The lowest BCUT2D eigenvalue weighted by molar-refractivity contribution is -0.137. The van der Waals surface area contributed by atoms with E-state index in [9.17, 15) is 4.79 Å². The normalized spacial score (nSPS) is 13.6. The number of carboxylic acids is 1. The first kappa shape index (κ1) is 9.43. The first-order valence-corrected chi connectivity index (χ1v) is 3.47. The van der Waals surface area contributed by atoms with Crippen LogP contribution in [0.4, 0.5) is 0 Å². The number of aliphatic carboxylic acids is 1. The third kappa shape index (κ3) is 3.45. The molecule has 0 aromatic rings. The summed E-state index contributed by atoms with van der Waals surface area (Å²) in [5.41, 5.74) is 0. The molecular weight excluding hydrogens is 130 g/mol. The van der Waals surface area contributed by atoms with Crippen LogP contribution in [0.1, 0.15) is 20.3 Å². The molecule has 2 N–H and O–H groups in total. The van der Waals surface area contributed by atoms with Gasteiger partial charge in [-0.15, -0.1) is 0 Å². The zero-order valence-electron chi connectivity index (χ0n) is 6.72. The summed E-state index contributed by atoms with van der Waals surface area (Å²) < 4.78 is 0. The van der Waals surface area contributed by atoms with Gasteiger partial charge in [-0.25, -0.2) is 0 Å². The van der Waals surface area contributed by atoms with Crippen molar-refractivity contribution in [2.45, 2.75) is 26.3 Å². The zero-order valence-corrected chi connectivity index (χ0v) is 6.72. The maximum Gasteiger partial charge on any atom is 0.304 e. The fourth-order valence-electron chi connectivity index (χ4n) is 0.859. The van der Waals surface area contributed by atoms with Crippen LogP contribution in [-0.2, 0) is 4.79 Å². The van der Waals surface area contributed by atoms with Gasteiger partial charge in [0.15, 0.2) is 0 Å². The van der Waals surface area contributed by atoms with Crippen LogP contribution < -0.4 is 5.32 Å². The van der Waals surface area contributed by atoms with Crippen molar-refractivity contribution in [3.63, 3.8) is 0 Å². The van der Waals surface area contributed by atoms with E-state index >= 15 is 0 Å². The lowest BCUT2D eigenvalue weighted by Crippen LogP contribution is -2.32. The molecule has 0 fully saturated rings. The van der Waals surface area contributed by atoms with Crippen molar-refractivity contribution in [3.05, 3.63) is 0 Å². The van der Waals surface area contributed by atoms with Crippen molar-refractivity contribution in [1.82, 2.24) is 5.32 Å². The van der Waals surface area contributed by atoms with Gasteiger partial charge in [-0.3, -0.25) is 4.79 Å². The fourth-order valence-corrected chi connectivity index (χ4v) is 0.859. The van der Waals surface area contributed by atoms with Crippen molar-refractivity contribution in [3.8, 4) is 0 Å². The summed E-state index contributed by atoms with van der Waals surface area (Å²) >= 11 is 0. The van der Waals surface area contributed by atoms with Gasteiger partial charge in [0, 0.05) is 6.04 Å². The lowest BCUT2D eigenvalue weighted by Gasteiger charge is -2.17.